The zero-order valence-corrected chi connectivity index (χ0v) is 15.8. The van der Waals surface area contributed by atoms with E-state index in [0.29, 0.717) is 5.69 Å². The Bertz CT molecular complexity index is 1240. The second kappa shape index (κ2) is 7.60. The maximum absolute atomic E-state index is 13.8. The van der Waals surface area contributed by atoms with E-state index in [1.807, 2.05) is 0 Å². The minimum atomic E-state index is -4.57. The number of nitrogens with zero attached hydrogens (tertiary/aromatic N) is 3. The second-order valence-corrected chi connectivity index (χ2v) is 7.31. The largest absolute Gasteiger partial charge is 0.493 e. The van der Waals surface area contributed by atoms with Crippen molar-refractivity contribution < 1.29 is 27.1 Å². The number of hydrogen-bond acceptors (Lipinski definition) is 4. The van der Waals surface area contributed by atoms with Gasteiger partial charge < -0.3 is 5.11 Å². The Morgan fingerprint density at radius 1 is 1.00 bits per heavy atom. The molecule has 0 aliphatic carbocycles. The van der Waals surface area contributed by atoms with Crippen LogP contribution in [0.15, 0.2) is 59.5 Å². The van der Waals surface area contributed by atoms with Crippen LogP contribution in [-0.4, -0.2) is 19.7 Å². The van der Waals surface area contributed by atoms with Crippen LogP contribution in [0.5, 0.6) is 5.88 Å². The average molecular weight is 437 g/mol. The summed E-state index contributed by atoms with van der Waals surface area (Å²) in [6.45, 7) is 0. The molecule has 0 aliphatic heterocycles. The third kappa shape index (κ3) is 3.82. The van der Waals surface area contributed by atoms with Crippen LogP contribution in [0.25, 0.3) is 16.9 Å². The zero-order chi connectivity index (χ0) is 21.5. The molecule has 1 N–H and O–H groups in total. The minimum Gasteiger partial charge on any atom is -0.493 e. The molecule has 2 aromatic carbocycles. The summed E-state index contributed by atoms with van der Waals surface area (Å²) < 4.78 is 68.0. The fourth-order valence-corrected chi connectivity index (χ4v) is 3.77. The van der Waals surface area contributed by atoms with Crippen molar-refractivity contribution in [2.45, 2.75) is 16.8 Å². The van der Waals surface area contributed by atoms with Crippen LogP contribution in [0.2, 0.25) is 0 Å². The lowest BCUT2D eigenvalue weighted by atomic mass is 10.0. The highest BCUT2D eigenvalue weighted by molar-refractivity contribution is 7.98. The van der Waals surface area contributed by atoms with Crippen molar-refractivity contribution >= 4 is 17.4 Å². The van der Waals surface area contributed by atoms with Gasteiger partial charge in [0.2, 0.25) is 5.88 Å². The average Bonchev–Trinajstić information content (AvgIpc) is 3.13. The summed E-state index contributed by atoms with van der Waals surface area (Å²) in [6, 6.07) is 11.3. The summed E-state index contributed by atoms with van der Waals surface area (Å²) in [5, 5.41) is 14.3. The van der Waals surface area contributed by atoms with Crippen molar-refractivity contribution in [3.05, 3.63) is 77.5 Å². The van der Waals surface area contributed by atoms with E-state index in [4.69, 9.17) is 0 Å². The summed E-state index contributed by atoms with van der Waals surface area (Å²) in [7, 11) is 0. The van der Waals surface area contributed by atoms with Gasteiger partial charge in [0.25, 0.3) is 0 Å². The smallest absolute Gasteiger partial charge is 0.417 e. The predicted molar refractivity (Wildman–Crippen MR) is 101 cm³/mol. The van der Waals surface area contributed by atoms with E-state index < -0.39 is 23.4 Å². The van der Waals surface area contributed by atoms with E-state index in [1.165, 1.54) is 42.5 Å². The van der Waals surface area contributed by atoms with Crippen molar-refractivity contribution in [2.24, 2.45) is 0 Å². The Morgan fingerprint density at radius 2 is 1.77 bits per heavy atom. The van der Waals surface area contributed by atoms with Crippen LogP contribution in [0.3, 0.4) is 0 Å². The lowest BCUT2D eigenvalue weighted by Crippen LogP contribution is -2.07. The van der Waals surface area contributed by atoms with Crippen LogP contribution >= 0.6 is 11.8 Å². The second-order valence-electron chi connectivity index (χ2n) is 6.29. The molecule has 0 saturated carbocycles. The highest BCUT2D eigenvalue weighted by Gasteiger charge is 2.34. The molecule has 0 spiro atoms. The number of fused-ring (bicyclic) bond motifs is 1. The van der Waals surface area contributed by atoms with E-state index in [0.717, 1.165) is 28.4 Å². The monoisotopic (exact) mass is 437 g/mol. The van der Waals surface area contributed by atoms with Gasteiger partial charge in [-0.25, -0.2) is 13.8 Å². The first-order chi connectivity index (χ1) is 14.2. The quantitative estimate of drug-likeness (QED) is 0.329. The zero-order valence-electron chi connectivity index (χ0n) is 15.0. The van der Waals surface area contributed by atoms with Crippen molar-refractivity contribution in [3.8, 4) is 17.1 Å². The normalized spacial score (nSPS) is 11.9. The lowest BCUT2D eigenvalue weighted by Gasteiger charge is -2.10. The first kappa shape index (κ1) is 20.1. The van der Waals surface area contributed by atoms with Crippen LogP contribution in [-0.2, 0) is 11.9 Å². The van der Waals surface area contributed by atoms with Crippen LogP contribution in [0.4, 0.5) is 22.0 Å². The van der Waals surface area contributed by atoms with Gasteiger partial charge in [0.05, 0.1) is 17.0 Å². The Labute approximate surface area is 171 Å². The summed E-state index contributed by atoms with van der Waals surface area (Å²) in [6.07, 6.45) is -4.57. The van der Waals surface area contributed by atoms with E-state index in [2.05, 4.69) is 10.1 Å². The summed E-state index contributed by atoms with van der Waals surface area (Å²) in [5.41, 5.74) is -0.564. The molecule has 0 saturated heterocycles. The lowest BCUT2D eigenvalue weighted by molar-refractivity contribution is -0.137. The Balaban J connectivity index is 1.68. The van der Waals surface area contributed by atoms with E-state index in [1.54, 1.807) is 0 Å². The third-order valence-corrected chi connectivity index (χ3v) is 5.33. The first-order valence-electron chi connectivity index (χ1n) is 8.56. The third-order valence-electron chi connectivity index (χ3n) is 4.26. The minimum absolute atomic E-state index is 0.00768. The number of hydrogen-bond donors (Lipinski definition) is 1. The van der Waals surface area contributed by atoms with Gasteiger partial charge in [0.1, 0.15) is 0 Å². The number of thioether (sulfide) groups is 1. The molecular weight excluding hydrogens is 425 g/mol. The van der Waals surface area contributed by atoms with E-state index in [9.17, 15) is 27.1 Å². The number of benzene rings is 2. The van der Waals surface area contributed by atoms with Crippen molar-refractivity contribution in [1.82, 2.24) is 14.6 Å². The van der Waals surface area contributed by atoms with Crippen molar-refractivity contribution in [3.63, 3.8) is 0 Å². The Kier molecular flexibility index (Phi) is 5.10. The van der Waals surface area contributed by atoms with Gasteiger partial charge in [-0.15, -0.1) is 11.8 Å². The number of aromatic hydroxyl groups is 1. The number of aromatic nitrogens is 3. The predicted octanol–water partition coefficient (Wildman–Crippen LogP) is 5.69. The molecule has 4 aromatic rings. The molecular formula is C20H12F5N3OS. The SMILES string of the molecule is Oc1cc(CSc2cccc(F)c2F)nc2cc(-c3ccccc3C(F)(F)F)nn12. The molecule has 4 rings (SSSR count). The molecule has 0 unspecified atom stereocenters. The molecule has 2 heterocycles. The standard InChI is InChI=1S/C20H12F5N3OS/c21-14-6-3-7-16(19(14)22)30-10-11-8-18(29)28-17(26-11)9-15(27-28)12-4-1-2-5-13(12)20(23,24)25/h1-9,29H,10H2. The highest BCUT2D eigenvalue weighted by atomic mass is 32.2. The maximum atomic E-state index is 13.8. The fourth-order valence-electron chi connectivity index (χ4n) is 2.92. The molecule has 0 bridgehead atoms. The molecule has 0 fully saturated rings. The van der Waals surface area contributed by atoms with Gasteiger partial charge >= 0.3 is 6.18 Å². The van der Waals surface area contributed by atoms with Crippen LogP contribution in [0, 0.1) is 11.6 Å². The van der Waals surface area contributed by atoms with Crippen LogP contribution in [0.1, 0.15) is 11.3 Å². The number of alkyl halides is 3. The molecule has 0 amide bonds. The van der Waals surface area contributed by atoms with Crippen molar-refractivity contribution in [1.29, 1.82) is 0 Å². The van der Waals surface area contributed by atoms with Crippen molar-refractivity contribution in [2.75, 3.05) is 0 Å². The molecule has 30 heavy (non-hydrogen) atoms. The highest BCUT2D eigenvalue weighted by Crippen LogP contribution is 2.37. The number of rotatable bonds is 4. The van der Waals surface area contributed by atoms with Crippen LogP contribution < -0.4 is 0 Å². The Hall–Kier alpha value is -3.14. The molecule has 0 atom stereocenters. The summed E-state index contributed by atoms with van der Waals surface area (Å²) in [4.78, 5) is 4.34. The molecule has 2 aromatic heterocycles. The topological polar surface area (TPSA) is 50.4 Å². The molecule has 0 radical (unpaired) electrons. The van der Waals surface area contributed by atoms with Gasteiger partial charge in [-0.05, 0) is 18.2 Å². The summed E-state index contributed by atoms with van der Waals surface area (Å²) in [5.74, 6) is -2.20. The van der Waals surface area contributed by atoms with Gasteiger partial charge in [-0.1, -0.05) is 24.3 Å². The summed E-state index contributed by atoms with van der Waals surface area (Å²) >= 11 is 0.974. The molecule has 10 heteroatoms. The fraction of sp³-hybridized carbons (Fsp3) is 0.100. The maximum Gasteiger partial charge on any atom is 0.417 e. The van der Waals surface area contributed by atoms with E-state index >= 15 is 0 Å². The molecule has 4 nitrogen and oxygen atoms in total. The Morgan fingerprint density at radius 3 is 2.53 bits per heavy atom. The van der Waals surface area contributed by atoms with Gasteiger partial charge in [-0.3, -0.25) is 0 Å². The number of halogens is 5. The van der Waals surface area contributed by atoms with Gasteiger partial charge in [0, 0.05) is 28.3 Å². The van der Waals surface area contributed by atoms with Gasteiger partial charge in [-0.2, -0.15) is 22.8 Å². The molecule has 154 valence electrons. The first-order valence-corrected chi connectivity index (χ1v) is 9.54. The van der Waals surface area contributed by atoms with E-state index in [-0.39, 0.29) is 33.4 Å². The molecule has 0 aliphatic rings. The van der Waals surface area contributed by atoms with Gasteiger partial charge in [0.15, 0.2) is 17.3 Å².